The van der Waals surface area contributed by atoms with E-state index in [1.807, 2.05) is 0 Å². The Morgan fingerprint density at radius 2 is 1.96 bits per heavy atom. The highest BCUT2D eigenvalue weighted by atomic mass is 35.5. The van der Waals surface area contributed by atoms with E-state index < -0.39 is 15.9 Å². The molecular weight excluding hydrogens is 411 g/mol. The molecule has 0 saturated heterocycles. The van der Waals surface area contributed by atoms with E-state index in [4.69, 9.17) is 27.9 Å². The zero-order valence-electron chi connectivity index (χ0n) is 14.6. The number of amides is 1. The standard InChI is InChI=1S/C18H18Cl2N2O4S/c1-3-27(24,25)22-15-9-8-13(11-16(15)26-2)21-17(23)10-7-12-5-4-6-14(19)18(12)20/h4-11,22H,3H2,1-2H3,(H,21,23). The summed E-state index contributed by atoms with van der Waals surface area (Å²) in [5, 5.41) is 3.42. The number of halogens is 2. The van der Waals surface area contributed by atoms with Gasteiger partial charge in [0.2, 0.25) is 15.9 Å². The zero-order valence-corrected chi connectivity index (χ0v) is 17.0. The first-order valence-electron chi connectivity index (χ1n) is 7.87. The molecule has 0 aromatic heterocycles. The first kappa shape index (κ1) is 21.1. The van der Waals surface area contributed by atoms with Gasteiger partial charge in [0.15, 0.2) is 0 Å². The lowest BCUT2D eigenvalue weighted by molar-refractivity contribution is -0.111. The third kappa shape index (κ3) is 5.89. The third-order valence-corrected chi connectivity index (χ3v) is 5.63. The van der Waals surface area contributed by atoms with Crippen LogP contribution in [0.25, 0.3) is 6.08 Å². The van der Waals surface area contributed by atoms with Crippen LogP contribution in [0.15, 0.2) is 42.5 Å². The summed E-state index contributed by atoms with van der Waals surface area (Å²) in [5.41, 5.74) is 1.35. The van der Waals surface area contributed by atoms with Gasteiger partial charge in [-0.25, -0.2) is 8.42 Å². The number of carbonyl (C=O) groups is 1. The van der Waals surface area contributed by atoms with Gasteiger partial charge in [0, 0.05) is 17.8 Å². The molecule has 1 amide bonds. The van der Waals surface area contributed by atoms with Crippen molar-refractivity contribution in [1.82, 2.24) is 0 Å². The highest BCUT2D eigenvalue weighted by Crippen LogP contribution is 2.29. The van der Waals surface area contributed by atoms with Crippen molar-refractivity contribution < 1.29 is 17.9 Å². The number of methoxy groups -OCH3 is 1. The van der Waals surface area contributed by atoms with Gasteiger partial charge in [0.05, 0.1) is 28.6 Å². The van der Waals surface area contributed by atoms with Gasteiger partial charge in [-0.1, -0.05) is 35.3 Å². The topological polar surface area (TPSA) is 84.5 Å². The quantitative estimate of drug-likeness (QED) is 0.639. The minimum atomic E-state index is -3.44. The Morgan fingerprint density at radius 3 is 2.63 bits per heavy atom. The van der Waals surface area contributed by atoms with Crippen LogP contribution in [0.4, 0.5) is 11.4 Å². The van der Waals surface area contributed by atoms with Gasteiger partial charge in [-0.15, -0.1) is 0 Å². The molecule has 0 heterocycles. The molecular formula is C18H18Cl2N2O4S. The number of anilines is 2. The molecule has 0 aliphatic rings. The lowest BCUT2D eigenvalue weighted by atomic mass is 10.2. The summed E-state index contributed by atoms with van der Waals surface area (Å²) in [4.78, 5) is 12.1. The Hall–Kier alpha value is -2.22. The van der Waals surface area contributed by atoms with Gasteiger partial charge in [-0.05, 0) is 36.8 Å². The van der Waals surface area contributed by atoms with Crippen LogP contribution in [0.5, 0.6) is 5.75 Å². The van der Waals surface area contributed by atoms with Crippen LogP contribution < -0.4 is 14.8 Å². The minimum Gasteiger partial charge on any atom is -0.494 e. The number of rotatable bonds is 7. The number of carbonyl (C=O) groups excluding carboxylic acids is 1. The molecule has 0 radical (unpaired) electrons. The molecule has 0 unspecified atom stereocenters. The van der Waals surface area contributed by atoms with Crippen molar-refractivity contribution in [2.45, 2.75) is 6.92 Å². The summed E-state index contributed by atoms with van der Waals surface area (Å²) >= 11 is 12.0. The average molecular weight is 429 g/mol. The van der Waals surface area contributed by atoms with E-state index in [0.29, 0.717) is 27.0 Å². The van der Waals surface area contributed by atoms with E-state index in [1.54, 1.807) is 30.3 Å². The Labute approximate surface area is 168 Å². The molecule has 0 aliphatic carbocycles. The fraction of sp³-hybridized carbons (Fsp3) is 0.167. The molecule has 2 rings (SSSR count). The molecule has 144 valence electrons. The lowest BCUT2D eigenvalue weighted by Gasteiger charge is -2.12. The van der Waals surface area contributed by atoms with Crippen molar-refractivity contribution in [2.24, 2.45) is 0 Å². The molecule has 6 nitrogen and oxygen atoms in total. The average Bonchev–Trinajstić information content (AvgIpc) is 2.64. The van der Waals surface area contributed by atoms with E-state index in [1.165, 1.54) is 32.2 Å². The van der Waals surface area contributed by atoms with Gasteiger partial charge in [-0.2, -0.15) is 0 Å². The van der Waals surface area contributed by atoms with Crippen molar-refractivity contribution in [3.05, 3.63) is 58.1 Å². The smallest absolute Gasteiger partial charge is 0.248 e. The van der Waals surface area contributed by atoms with Crippen LogP contribution in [-0.2, 0) is 14.8 Å². The third-order valence-electron chi connectivity index (χ3n) is 3.51. The summed E-state index contributed by atoms with van der Waals surface area (Å²) < 4.78 is 31.0. The highest BCUT2D eigenvalue weighted by molar-refractivity contribution is 7.92. The lowest BCUT2D eigenvalue weighted by Crippen LogP contribution is -2.15. The second-order valence-electron chi connectivity index (χ2n) is 5.39. The molecule has 0 atom stereocenters. The maximum Gasteiger partial charge on any atom is 0.248 e. The summed E-state index contributed by atoms with van der Waals surface area (Å²) in [6.45, 7) is 1.53. The van der Waals surface area contributed by atoms with Crippen LogP contribution in [0.2, 0.25) is 10.0 Å². The van der Waals surface area contributed by atoms with Gasteiger partial charge in [0.1, 0.15) is 5.75 Å². The molecule has 2 N–H and O–H groups in total. The van der Waals surface area contributed by atoms with Gasteiger partial charge >= 0.3 is 0 Å². The normalized spacial score (nSPS) is 11.4. The molecule has 0 spiro atoms. The maximum atomic E-state index is 12.1. The Bertz CT molecular complexity index is 975. The van der Waals surface area contributed by atoms with E-state index in [9.17, 15) is 13.2 Å². The molecule has 0 bridgehead atoms. The predicted molar refractivity (Wildman–Crippen MR) is 110 cm³/mol. The first-order chi connectivity index (χ1) is 12.8. The highest BCUT2D eigenvalue weighted by Gasteiger charge is 2.12. The van der Waals surface area contributed by atoms with Crippen molar-refractivity contribution in [3.63, 3.8) is 0 Å². The fourth-order valence-electron chi connectivity index (χ4n) is 2.09. The fourth-order valence-corrected chi connectivity index (χ4v) is 3.11. The summed E-state index contributed by atoms with van der Waals surface area (Å²) in [6.07, 6.45) is 2.86. The monoisotopic (exact) mass is 428 g/mol. The molecule has 2 aromatic carbocycles. The van der Waals surface area contributed by atoms with Crippen molar-refractivity contribution in [2.75, 3.05) is 22.9 Å². The van der Waals surface area contributed by atoms with E-state index >= 15 is 0 Å². The zero-order chi connectivity index (χ0) is 20.0. The van der Waals surface area contributed by atoms with Crippen LogP contribution >= 0.6 is 23.2 Å². The predicted octanol–water partition coefficient (Wildman–Crippen LogP) is 4.42. The van der Waals surface area contributed by atoms with Crippen molar-refractivity contribution in [1.29, 1.82) is 0 Å². The van der Waals surface area contributed by atoms with Crippen LogP contribution in [-0.4, -0.2) is 27.2 Å². The van der Waals surface area contributed by atoms with Gasteiger partial charge in [0.25, 0.3) is 0 Å². The number of hydrogen-bond acceptors (Lipinski definition) is 4. The SMILES string of the molecule is CCS(=O)(=O)Nc1ccc(NC(=O)C=Cc2cccc(Cl)c2Cl)cc1OC. The molecule has 0 aliphatic heterocycles. The molecule has 0 fully saturated rings. The largest absolute Gasteiger partial charge is 0.494 e. The van der Waals surface area contributed by atoms with Crippen molar-refractivity contribution >= 4 is 56.6 Å². The number of hydrogen-bond donors (Lipinski definition) is 2. The van der Waals surface area contributed by atoms with E-state index in [-0.39, 0.29) is 11.5 Å². The van der Waals surface area contributed by atoms with E-state index in [2.05, 4.69) is 10.0 Å². The summed E-state index contributed by atoms with van der Waals surface area (Å²) in [7, 11) is -2.03. The number of ether oxygens (including phenoxy) is 1. The first-order valence-corrected chi connectivity index (χ1v) is 10.3. The second-order valence-corrected chi connectivity index (χ2v) is 8.18. The van der Waals surface area contributed by atoms with Crippen molar-refractivity contribution in [3.8, 4) is 5.75 Å². The summed E-state index contributed by atoms with van der Waals surface area (Å²) in [6, 6.07) is 9.71. The number of sulfonamides is 1. The maximum absolute atomic E-state index is 12.1. The van der Waals surface area contributed by atoms with E-state index in [0.717, 1.165) is 0 Å². The van der Waals surface area contributed by atoms with Gasteiger partial charge < -0.3 is 10.1 Å². The molecule has 27 heavy (non-hydrogen) atoms. The Kier molecular flexibility index (Phi) is 7.12. The summed E-state index contributed by atoms with van der Waals surface area (Å²) in [5.74, 6) is -0.174. The molecule has 2 aromatic rings. The second kappa shape index (κ2) is 9.12. The Morgan fingerprint density at radius 1 is 1.22 bits per heavy atom. The number of benzene rings is 2. The Balaban J connectivity index is 2.14. The number of nitrogens with one attached hydrogen (secondary N) is 2. The van der Waals surface area contributed by atoms with Crippen LogP contribution in [0.1, 0.15) is 12.5 Å². The van der Waals surface area contributed by atoms with Crippen LogP contribution in [0.3, 0.4) is 0 Å². The van der Waals surface area contributed by atoms with Gasteiger partial charge in [-0.3, -0.25) is 9.52 Å². The van der Waals surface area contributed by atoms with Crippen LogP contribution in [0, 0.1) is 0 Å². The molecule has 9 heteroatoms. The molecule has 0 saturated carbocycles. The minimum absolute atomic E-state index is 0.0640.